The lowest BCUT2D eigenvalue weighted by atomic mass is 9.84. The Kier molecular flexibility index (Phi) is 6.12. The van der Waals surface area contributed by atoms with Crippen LogP contribution in [0.15, 0.2) is 0 Å². The van der Waals surface area contributed by atoms with E-state index in [1.807, 2.05) is 0 Å². The van der Waals surface area contributed by atoms with Crippen LogP contribution in [0.4, 0.5) is 0 Å². The maximum atomic E-state index is 11.6. The van der Waals surface area contributed by atoms with Crippen molar-refractivity contribution in [3.05, 3.63) is 0 Å². The molecule has 1 fully saturated rings. The second kappa shape index (κ2) is 7.42. The van der Waals surface area contributed by atoms with Crippen LogP contribution in [-0.2, 0) is 14.3 Å². The van der Waals surface area contributed by atoms with Crippen LogP contribution < -0.4 is 0 Å². The zero-order valence-electron chi connectivity index (χ0n) is 10.1. The zero-order chi connectivity index (χ0) is 11.8. The molecule has 0 saturated heterocycles. The van der Waals surface area contributed by atoms with Crippen LogP contribution in [0.3, 0.4) is 0 Å². The summed E-state index contributed by atoms with van der Waals surface area (Å²) in [5.41, 5.74) is 0. The summed E-state index contributed by atoms with van der Waals surface area (Å²) in [5.74, 6) is -0.552. The monoisotopic (exact) mass is 226 g/mol. The molecule has 1 saturated carbocycles. The first-order valence-corrected chi connectivity index (χ1v) is 6.32. The SMILES string of the molecule is COC(=O)C1CCCCCCCCC1C=O. The predicted molar refractivity (Wildman–Crippen MR) is 62.0 cm³/mol. The van der Waals surface area contributed by atoms with E-state index < -0.39 is 0 Å². The Morgan fingerprint density at radius 1 is 1.06 bits per heavy atom. The van der Waals surface area contributed by atoms with Crippen LogP contribution in [-0.4, -0.2) is 19.4 Å². The summed E-state index contributed by atoms with van der Waals surface area (Å²) in [6, 6.07) is 0. The van der Waals surface area contributed by atoms with E-state index in [9.17, 15) is 9.59 Å². The first-order valence-electron chi connectivity index (χ1n) is 6.32. The van der Waals surface area contributed by atoms with Gasteiger partial charge in [-0.05, 0) is 12.8 Å². The van der Waals surface area contributed by atoms with Gasteiger partial charge in [0.15, 0.2) is 0 Å². The number of carbonyl (C=O) groups excluding carboxylic acids is 2. The molecular weight excluding hydrogens is 204 g/mol. The van der Waals surface area contributed by atoms with Crippen molar-refractivity contribution in [1.29, 1.82) is 0 Å². The fourth-order valence-corrected chi connectivity index (χ4v) is 2.47. The van der Waals surface area contributed by atoms with Gasteiger partial charge in [0.2, 0.25) is 0 Å². The summed E-state index contributed by atoms with van der Waals surface area (Å²) in [6.07, 6.45) is 9.52. The lowest BCUT2D eigenvalue weighted by Gasteiger charge is -2.21. The summed E-state index contributed by atoms with van der Waals surface area (Å²) in [5, 5.41) is 0. The van der Waals surface area contributed by atoms with Crippen LogP contribution in [0.2, 0.25) is 0 Å². The molecule has 3 nitrogen and oxygen atoms in total. The zero-order valence-corrected chi connectivity index (χ0v) is 10.1. The van der Waals surface area contributed by atoms with Crippen molar-refractivity contribution < 1.29 is 14.3 Å². The quantitative estimate of drug-likeness (QED) is 0.537. The van der Waals surface area contributed by atoms with E-state index in [2.05, 4.69) is 0 Å². The van der Waals surface area contributed by atoms with Crippen molar-refractivity contribution in [2.45, 2.75) is 51.4 Å². The van der Waals surface area contributed by atoms with Gasteiger partial charge in [0.05, 0.1) is 13.0 Å². The van der Waals surface area contributed by atoms with Gasteiger partial charge >= 0.3 is 5.97 Å². The molecule has 0 radical (unpaired) electrons. The molecule has 0 bridgehead atoms. The Morgan fingerprint density at radius 2 is 1.62 bits per heavy atom. The highest BCUT2D eigenvalue weighted by Gasteiger charge is 2.28. The Labute approximate surface area is 97.5 Å². The summed E-state index contributed by atoms with van der Waals surface area (Å²) in [4.78, 5) is 22.7. The molecule has 16 heavy (non-hydrogen) atoms. The van der Waals surface area contributed by atoms with Crippen molar-refractivity contribution >= 4 is 12.3 Å². The average molecular weight is 226 g/mol. The minimum atomic E-state index is -0.210. The number of ether oxygens (including phenoxy) is 1. The van der Waals surface area contributed by atoms with Gasteiger partial charge in [-0.3, -0.25) is 4.79 Å². The topological polar surface area (TPSA) is 43.4 Å². The van der Waals surface area contributed by atoms with Crippen LogP contribution in [0, 0.1) is 11.8 Å². The summed E-state index contributed by atoms with van der Waals surface area (Å²) in [6.45, 7) is 0. The summed E-state index contributed by atoms with van der Waals surface area (Å²) >= 11 is 0. The molecule has 0 aliphatic heterocycles. The van der Waals surface area contributed by atoms with E-state index in [0.717, 1.165) is 32.0 Å². The van der Waals surface area contributed by atoms with Gasteiger partial charge in [-0.1, -0.05) is 38.5 Å². The van der Waals surface area contributed by atoms with Crippen molar-refractivity contribution in [2.24, 2.45) is 11.8 Å². The first kappa shape index (κ1) is 13.2. The molecule has 0 aromatic carbocycles. The average Bonchev–Trinajstić information content (AvgIpc) is 2.34. The molecule has 3 heteroatoms. The number of aldehydes is 1. The standard InChI is InChI=1S/C13H22O3/c1-16-13(15)12-9-7-5-3-2-4-6-8-11(12)10-14/h10-12H,2-9H2,1H3. The molecule has 2 atom stereocenters. The van der Waals surface area contributed by atoms with Gasteiger partial charge in [0.25, 0.3) is 0 Å². The Morgan fingerprint density at radius 3 is 2.19 bits per heavy atom. The maximum absolute atomic E-state index is 11.6. The third kappa shape index (κ3) is 3.95. The Balaban J connectivity index is 2.62. The molecule has 0 spiro atoms. The third-order valence-corrected chi connectivity index (χ3v) is 3.50. The van der Waals surface area contributed by atoms with Crippen molar-refractivity contribution in [2.75, 3.05) is 7.11 Å². The Bertz CT molecular complexity index is 225. The molecule has 2 unspecified atom stereocenters. The fourth-order valence-electron chi connectivity index (χ4n) is 2.47. The minimum absolute atomic E-state index is 0.134. The third-order valence-electron chi connectivity index (χ3n) is 3.50. The van der Waals surface area contributed by atoms with Gasteiger partial charge in [0.1, 0.15) is 6.29 Å². The highest BCUT2D eigenvalue weighted by atomic mass is 16.5. The van der Waals surface area contributed by atoms with Crippen molar-refractivity contribution in [3.8, 4) is 0 Å². The molecular formula is C13H22O3. The summed E-state index contributed by atoms with van der Waals surface area (Å²) in [7, 11) is 1.41. The molecule has 0 aromatic heterocycles. The number of hydrogen-bond acceptors (Lipinski definition) is 3. The van der Waals surface area contributed by atoms with E-state index in [4.69, 9.17) is 4.74 Å². The maximum Gasteiger partial charge on any atom is 0.309 e. The van der Waals surface area contributed by atoms with Gasteiger partial charge in [0, 0.05) is 5.92 Å². The number of rotatable bonds is 2. The van der Waals surface area contributed by atoms with Crippen LogP contribution in [0.25, 0.3) is 0 Å². The molecule has 0 amide bonds. The van der Waals surface area contributed by atoms with Crippen LogP contribution >= 0.6 is 0 Å². The van der Waals surface area contributed by atoms with Gasteiger partial charge in [-0.25, -0.2) is 0 Å². The summed E-state index contributed by atoms with van der Waals surface area (Å²) < 4.78 is 4.79. The largest absolute Gasteiger partial charge is 0.469 e. The van der Waals surface area contributed by atoms with Crippen molar-refractivity contribution in [1.82, 2.24) is 0 Å². The smallest absolute Gasteiger partial charge is 0.309 e. The van der Waals surface area contributed by atoms with Gasteiger partial charge in [-0.2, -0.15) is 0 Å². The molecule has 1 aliphatic carbocycles. The molecule has 92 valence electrons. The highest BCUT2D eigenvalue weighted by Crippen LogP contribution is 2.26. The molecule has 1 aliphatic rings. The van der Waals surface area contributed by atoms with E-state index in [1.54, 1.807) is 0 Å². The van der Waals surface area contributed by atoms with Gasteiger partial charge in [-0.15, -0.1) is 0 Å². The van der Waals surface area contributed by atoms with E-state index >= 15 is 0 Å². The Hall–Kier alpha value is -0.860. The van der Waals surface area contributed by atoms with E-state index in [0.29, 0.717) is 0 Å². The first-order chi connectivity index (χ1) is 7.79. The lowest BCUT2D eigenvalue weighted by molar-refractivity contribution is -0.149. The highest BCUT2D eigenvalue weighted by molar-refractivity contribution is 5.76. The molecule has 1 rings (SSSR count). The normalized spacial score (nSPS) is 28.1. The van der Waals surface area contributed by atoms with E-state index in [1.165, 1.54) is 32.8 Å². The number of methoxy groups -OCH3 is 1. The fraction of sp³-hybridized carbons (Fsp3) is 0.846. The second-order valence-corrected chi connectivity index (χ2v) is 4.63. The van der Waals surface area contributed by atoms with Gasteiger partial charge < -0.3 is 9.53 Å². The number of hydrogen-bond donors (Lipinski definition) is 0. The minimum Gasteiger partial charge on any atom is -0.469 e. The number of esters is 1. The number of carbonyl (C=O) groups is 2. The molecule has 0 heterocycles. The van der Waals surface area contributed by atoms with Crippen molar-refractivity contribution in [3.63, 3.8) is 0 Å². The molecule has 0 aromatic rings. The van der Waals surface area contributed by atoms with Crippen LogP contribution in [0.1, 0.15) is 51.4 Å². The second-order valence-electron chi connectivity index (χ2n) is 4.63. The predicted octanol–water partition coefficient (Wildman–Crippen LogP) is 2.73. The van der Waals surface area contributed by atoms with Crippen LogP contribution in [0.5, 0.6) is 0 Å². The van der Waals surface area contributed by atoms with E-state index in [-0.39, 0.29) is 17.8 Å². The molecule has 0 N–H and O–H groups in total. The lowest BCUT2D eigenvalue weighted by Crippen LogP contribution is -2.26.